The number of fused-ring (bicyclic) bond motifs is 4. The molecule has 3 saturated heterocycles. The Bertz CT molecular complexity index is 482. The molecular weight excluding hydrogens is 250 g/mol. The van der Waals surface area contributed by atoms with Crippen LogP contribution in [0.3, 0.4) is 0 Å². The Morgan fingerprint density at radius 3 is 2.79 bits per heavy atom. The van der Waals surface area contributed by atoms with Crippen LogP contribution >= 0.6 is 0 Å². The van der Waals surface area contributed by atoms with Gasteiger partial charge in [-0.15, -0.1) is 0 Å². The molecule has 0 aliphatic carbocycles. The van der Waals surface area contributed by atoms with Crippen molar-refractivity contribution in [3.05, 3.63) is 30.1 Å². The lowest BCUT2D eigenvalue weighted by Crippen LogP contribution is -2.65. The number of hydrogen-bond donors (Lipinski definition) is 1. The predicted octanol–water partition coefficient (Wildman–Crippen LogP) is 0.0845. The van der Waals surface area contributed by atoms with Crippen molar-refractivity contribution in [2.45, 2.75) is 30.9 Å². The molecule has 0 radical (unpaired) electrons. The van der Waals surface area contributed by atoms with Crippen molar-refractivity contribution >= 4 is 12.4 Å². The van der Waals surface area contributed by atoms with Crippen molar-refractivity contribution in [2.24, 2.45) is 5.92 Å². The van der Waals surface area contributed by atoms with Gasteiger partial charge in [0.15, 0.2) is 6.29 Å². The van der Waals surface area contributed by atoms with Gasteiger partial charge in [0, 0.05) is 5.92 Å². The molecule has 1 aromatic carbocycles. The van der Waals surface area contributed by atoms with Crippen LogP contribution in [0, 0.1) is 11.7 Å². The molecule has 0 spiro atoms. The Balaban J connectivity index is 1.50. The first-order valence-electron chi connectivity index (χ1n) is 6.58. The summed E-state index contributed by atoms with van der Waals surface area (Å²) in [5, 5.41) is 10.3. The molecule has 4 nitrogen and oxygen atoms in total. The molecular formula is C13H14BFO4. The van der Waals surface area contributed by atoms with Gasteiger partial charge in [-0.25, -0.2) is 4.39 Å². The molecule has 0 saturated carbocycles. The molecule has 3 fully saturated rings. The summed E-state index contributed by atoms with van der Waals surface area (Å²) in [6.07, 6.45) is 0.627. The highest BCUT2D eigenvalue weighted by atomic mass is 19.1. The molecule has 19 heavy (non-hydrogen) atoms. The van der Waals surface area contributed by atoms with Gasteiger partial charge >= 0.3 is 6.92 Å². The summed E-state index contributed by atoms with van der Waals surface area (Å²) in [7, 11) is 0. The summed E-state index contributed by atoms with van der Waals surface area (Å²) in [4.78, 5) is 0. The average Bonchev–Trinajstić information content (AvgIpc) is 2.79. The van der Waals surface area contributed by atoms with E-state index in [2.05, 4.69) is 0 Å². The first kappa shape index (κ1) is 11.8. The van der Waals surface area contributed by atoms with Crippen molar-refractivity contribution < 1.29 is 23.6 Å². The number of halogens is 1. The highest BCUT2D eigenvalue weighted by Gasteiger charge is 2.58. The molecule has 3 aliphatic heterocycles. The highest BCUT2D eigenvalue weighted by molar-refractivity contribution is 6.67. The second kappa shape index (κ2) is 4.28. The Hall–Kier alpha value is -0.945. The molecule has 0 amide bonds. The van der Waals surface area contributed by atoms with E-state index >= 15 is 0 Å². The van der Waals surface area contributed by atoms with Crippen LogP contribution in [0.15, 0.2) is 24.3 Å². The molecule has 3 aliphatic rings. The molecule has 1 aromatic rings. The number of rotatable bonds is 2. The van der Waals surface area contributed by atoms with Crippen molar-refractivity contribution in [3.63, 3.8) is 0 Å². The van der Waals surface area contributed by atoms with Crippen LogP contribution in [-0.2, 0) is 14.2 Å². The van der Waals surface area contributed by atoms with Gasteiger partial charge in [-0.05, 0) is 24.0 Å². The number of ether oxygens (including phenoxy) is 3. The Morgan fingerprint density at radius 1 is 1.21 bits per heavy atom. The van der Waals surface area contributed by atoms with Gasteiger partial charge in [0.1, 0.15) is 11.9 Å². The third kappa shape index (κ3) is 1.82. The Kier molecular flexibility index (Phi) is 2.67. The first-order chi connectivity index (χ1) is 9.22. The summed E-state index contributed by atoms with van der Waals surface area (Å²) in [6, 6.07) is 5.66. The van der Waals surface area contributed by atoms with E-state index in [1.807, 2.05) is 0 Å². The van der Waals surface area contributed by atoms with Crippen molar-refractivity contribution in [1.29, 1.82) is 0 Å². The topological polar surface area (TPSA) is 47.9 Å². The van der Waals surface area contributed by atoms with Crippen LogP contribution in [0.2, 0.25) is 0 Å². The largest absolute Gasteiger partial charge is 0.445 e. The standard InChI is InChI=1S/C13H14BFO4/c15-8-3-1-7(2-4-8)14(16)12-10-5-9-6-17-13(18-9)11(10)19-12/h1-4,9-13,16H,5-6H2/t9-,10-,11+,12?,13-/m0/s1. The van der Waals surface area contributed by atoms with Gasteiger partial charge < -0.3 is 19.2 Å². The highest BCUT2D eigenvalue weighted by Crippen LogP contribution is 2.44. The van der Waals surface area contributed by atoms with Crippen LogP contribution in [0.4, 0.5) is 4.39 Å². The van der Waals surface area contributed by atoms with Gasteiger partial charge in [0.05, 0.1) is 18.7 Å². The second-order valence-corrected chi connectivity index (χ2v) is 5.42. The third-order valence-electron chi connectivity index (χ3n) is 4.26. The summed E-state index contributed by atoms with van der Waals surface area (Å²) < 4.78 is 29.7. The maximum atomic E-state index is 12.9. The molecule has 6 heteroatoms. The van der Waals surface area contributed by atoms with Gasteiger partial charge in [0.25, 0.3) is 0 Å². The predicted molar refractivity (Wildman–Crippen MR) is 65.4 cm³/mol. The van der Waals surface area contributed by atoms with E-state index in [1.165, 1.54) is 12.1 Å². The van der Waals surface area contributed by atoms with E-state index in [0.717, 1.165) is 6.42 Å². The fraction of sp³-hybridized carbons (Fsp3) is 0.538. The second-order valence-electron chi connectivity index (χ2n) is 5.42. The maximum absolute atomic E-state index is 12.9. The third-order valence-corrected chi connectivity index (χ3v) is 4.26. The van der Waals surface area contributed by atoms with E-state index in [4.69, 9.17) is 14.2 Å². The van der Waals surface area contributed by atoms with E-state index < -0.39 is 6.92 Å². The lowest BCUT2D eigenvalue weighted by molar-refractivity contribution is -0.276. The zero-order valence-electron chi connectivity index (χ0n) is 10.2. The fourth-order valence-corrected chi connectivity index (χ4v) is 3.24. The van der Waals surface area contributed by atoms with Gasteiger partial charge in [-0.1, -0.05) is 12.1 Å². The smallest absolute Gasteiger partial charge is 0.354 e. The summed E-state index contributed by atoms with van der Waals surface area (Å²) in [6.45, 7) is -0.111. The normalized spacial score (nSPS) is 39.6. The van der Waals surface area contributed by atoms with Crippen LogP contribution in [0.5, 0.6) is 0 Å². The molecule has 5 atom stereocenters. The van der Waals surface area contributed by atoms with Crippen molar-refractivity contribution in [2.75, 3.05) is 6.61 Å². The molecule has 3 heterocycles. The van der Waals surface area contributed by atoms with Crippen LogP contribution in [-0.4, -0.2) is 43.0 Å². The summed E-state index contributed by atoms with van der Waals surface area (Å²) >= 11 is 0. The molecule has 100 valence electrons. The minimum Gasteiger partial charge on any atom is -0.445 e. The van der Waals surface area contributed by atoms with E-state index in [1.54, 1.807) is 12.1 Å². The monoisotopic (exact) mass is 264 g/mol. The van der Waals surface area contributed by atoms with Crippen molar-refractivity contribution in [3.8, 4) is 0 Å². The zero-order valence-corrected chi connectivity index (χ0v) is 10.2. The van der Waals surface area contributed by atoms with Gasteiger partial charge in [0.2, 0.25) is 0 Å². The molecule has 1 N–H and O–H groups in total. The van der Waals surface area contributed by atoms with Crippen LogP contribution in [0.25, 0.3) is 0 Å². The fourth-order valence-electron chi connectivity index (χ4n) is 3.24. The summed E-state index contributed by atoms with van der Waals surface area (Å²) in [5.74, 6) is -0.0489. The Morgan fingerprint density at radius 2 is 2.00 bits per heavy atom. The van der Waals surface area contributed by atoms with E-state index in [-0.39, 0.29) is 36.2 Å². The van der Waals surface area contributed by atoms with Crippen LogP contribution in [0.1, 0.15) is 6.42 Å². The number of hydrogen-bond acceptors (Lipinski definition) is 4. The van der Waals surface area contributed by atoms with Crippen LogP contribution < -0.4 is 5.46 Å². The van der Waals surface area contributed by atoms with Gasteiger partial charge in [-0.3, -0.25) is 0 Å². The quantitative estimate of drug-likeness (QED) is 0.769. The molecule has 2 bridgehead atoms. The summed E-state index contributed by atoms with van der Waals surface area (Å²) in [5.41, 5.74) is 0.685. The average molecular weight is 264 g/mol. The molecule has 4 rings (SSSR count). The van der Waals surface area contributed by atoms with Gasteiger partial charge in [-0.2, -0.15) is 0 Å². The zero-order chi connectivity index (χ0) is 13.0. The first-order valence-corrected chi connectivity index (χ1v) is 6.58. The minimum absolute atomic E-state index is 0.0705. The van der Waals surface area contributed by atoms with E-state index in [9.17, 15) is 9.41 Å². The molecule has 1 unspecified atom stereocenters. The lowest BCUT2D eigenvalue weighted by Gasteiger charge is -2.50. The SMILES string of the molecule is OB(c1ccc(F)cc1)C1O[C@H]2[C@H]3OC[C@H](C[C@H]12)O3. The lowest BCUT2D eigenvalue weighted by atomic mass is 9.49. The molecule has 0 aromatic heterocycles. The minimum atomic E-state index is -0.723. The maximum Gasteiger partial charge on any atom is 0.354 e. The van der Waals surface area contributed by atoms with Crippen molar-refractivity contribution in [1.82, 2.24) is 0 Å². The number of benzene rings is 1. The van der Waals surface area contributed by atoms with E-state index in [0.29, 0.717) is 12.1 Å². The Labute approximate surface area is 110 Å².